The lowest BCUT2D eigenvalue weighted by molar-refractivity contribution is 0.359. The number of halogens is 1. The van der Waals surface area contributed by atoms with Gasteiger partial charge in [-0.3, -0.25) is 0 Å². The van der Waals surface area contributed by atoms with Gasteiger partial charge in [-0.2, -0.15) is 0 Å². The summed E-state index contributed by atoms with van der Waals surface area (Å²) in [4.78, 5) is 0. The molecule has 0 unspecified atom stereocenters. The quantitative estimate of drug-likeness (QED) is 0.804. The molecule has 0 amide bonds. The van der Waals surface area contributed by atoms with E-state index in [1.165, 1.54) is 5.56 Å². The van der Waals surface area contributed by atoms with Crippen molar-refractivity contribution >= 4 is 11.6 Å². The van der Waals surface area contributed by atoms with Gasteiger partial charge in [0.1, 0.15) is 12.4 Å². The number of rotatable bonds is 6. The average Bonchev–Trinajstić information content (AvgIpc) is 2.25. The summed E-state index contributed by atoms with van der Waals surface area (Å²) >= 11 is 5.60. The van der Waals surface area contributed by atoms with Gasteiger partial charge in [0, 0.05) is 11.6 Å². The van der Waals surface area contributed by atoms with Gasteiger partial charge in [-0.25, -0.2) is 0 Å². The zero-order valence-electron chi connectivity index (χ0n) is 8.92. The molecule has 0 atom stereocenters. The van der Waals surface area contributed by atoms with Crippen LogP contribution in [-0.4, -0.2) is 13.2 Å². The van der Waals surface area contributed by atoms with E-state index in [1.807, 2.05) is 24.3 Å². The summed E-state index contributed by atoms with van der Waals surface area (Å²) in [5, 5.41) is 3.76. The molecule has 15 heavy (non-hydrogen) atoms. The smallest absolute Gasteiger partial charge is 0.123 e. The first-order chi connectivity index (χ1) is 7.22. The van der Waals surface area contributed by atoms with Crippen molar-refractivity contribution in [2.24, 2.45) is 0 Å². The molecule has 1 rings (SSSR count). The summed E-state index contributed by atoms with van der Waals surface area (Å²) in [7, 11) is 0. The van der Waals surface area contributed by atoms with E-state index < -0.39 is 0 Å². The Morgan fingerprint density at radius 3 is 2.60 bits per heavy atom. The second kappa shape index (κ2) is 6.49. The fraction of sp³-hybridized carbons (Fsp3) is 0.333. The highest BCUT2D eigenvalue weighted by atomic mass is 35.5. The van der Waals surface area contributed by atoms with Gasteiger partial charge in [-0.05, 0) is 24.2 Å². The third kappa shape index (κ3) is 4.86. The zero-order valence-corrected chi connectivity index (χ0v) is 9.68. The SMILES string of the molecule is C=C(Cl)COc1ccc(CNCC)cc1. The zero-order chi connectivity index (χ0) is 11.1. The summed E-state index contributed by atoms with van der Waals surface area (Å²) in [6.45, 7) is 7.87. The Morgan fingerprint density at radius 1 is 1.40 bits per heavy atom. The first-order valence-corrected chi connectivity index (χ1v) is 5.36. The second-order valence-electron chi connectivity index (χ2n) is 3.23. The molecule has 0 aromatic heterocycles. The monoisotopic (exact) mass is 225 g/mol. The maximum atomic E-state index is 5.60. The van der Waals surface area contributed by atoms with Gasteiger partial charge in [0.15, 0.2) is 0 Å². The van der Waals surface area contributed by atoms with E-state index in [9.17, 15) is 0 Å². The van der Waals surface area contributed by atoms with Gasteiger partial charge in [-0.15, -0.1) is 0 Å². The lowest BCUT2D eigenvalue weighted by Crippen LogP contribution is -2.11. The maximum absolute atomic E-state index is 5.60. The largest absolute Gasteiger partial charge is 0.488 e. The molecule has 0 spiro atoms. The molecule has 0 radical (unpaired) electrons. The minimum absolute atomic E-state index is 0.355. The van der Waals surface area contributed by atoms with Crippen LogP contribution in [0.15, 0.2) is 35.9 Å². The third-order valence-electron chi connectivity index (χ3n) is 1.90. The molecule has 0 aliphatic heterocycles. The Labute approximate surface area is 95.9 Å². The number of nitrogens with one attached hydrogen (secondary N) is 1. The summed E-state index contributed by atoms with van der Waals surface area (Å²) in [5.74, 6) is 0.817. The van der Waals surface area contributed by atoms with E-state index in [-0.39, 0.29) is 0 Å². The fourth-order valence-corrected chi connectivity index (χ4v) is 1.19. The predicted octanol–water partition coefficient (Wildman–Crippen LogP) is 2.93. The van der Waals surface area contributed by atoms with Crippen molar-refractivity contribution in [2.75, 3.05) is 13.2 Å². The van der Waals surface area contributed by atoms with E-state index in [0.29, 0.717) is 11.6 Å². The molecule has 0 aliphatic rings. The summed E-state index contributed by atoms with van der Waals surface area (Å²) in [6, 6.07) is 7.95. The summed E-state index contributed by atoms with van der Waals surface area (Å²) < 4.78 is 5.37. The van der Waals surface area contributed by atoms with Crippen LogP contribution in [0.25, 0.3) is 0 Å². The number of hydrogen-bond acceptors (Lipinski definition) is 2. The minimum Gasteiger partial charge on any atom is -0.488 e. The molecular weight excluding hydrogens is 210 g/mol. The van der Waals surface area contributed by atoms with Gasteiger partial charge in [0.2, 0.25) is 0 Å². The van der Waals surface area contributed by atoms with Crippen LogP contribution >= 0.6 is 11.6 Å². The summed E-state index contributed by atoms with van der Waals surface area (Å²) in [5.41, 5.74) is 1.24. The second-order valence-corrected chi connectivity index (χ2v) is 3.76. The van der Waals surface area contributed by atoms with Crippen molar-refractivity contribution in [1.82, 2.24) is 5.32 Å². The van der Waals surface area contributed by atoms with Crippen LogP contribution in [0.5, 0.6) is 5.75 Å². The molecule has 0 saturated carbocycles. The normalized spacial score (nSPS) is 10.0. The van der Waals surface area contributed by atoms with Crippen LogP contribution in [-0.2, 0) is 6.54 Å². The number of hydrogen-bond donors (Lipinski definition) is 1. The first-order valence-electron chi connectivity index (χ1n) is 4.98. The predicted molar refractivity (Wildman–Crippen MR) is 64.3 cm³/mol. The highest BCUT2D eigenvalue weighted by molar-refractivity contribution is 6.29. The molecule has 0 saturated heterocycles. The Balaban J connectivity index is 2.45. The fourth-order valence-electron chi connectivity index (χ4n) is 1.13. The van der Waals surface area contributed by atoms with E-state index >= 15 is 0 Å². The number of ether oxygens (including phenoxy) is 1. The Morgan fingerprint density at radius 2 is 2.07 bits per heavy atom. The van der Waals surface area contributed by atoms with Crippen molar-refractivity contribution in [2.45, 2.75) is 13.5 Å². The molecule has 0 heterocycles. The van der Waals surface area contributed by atoms with Crippen LogP contribution in [0, 0.1) is 0 Å². The van der Waals surface area contributed by atoms with Crippen molar-refractivity contribution < 1.29 is 4.74 Å². The minimum atomic E-state index is 0.355. The lowest BCUT2D eigenvalue weighted by atomic mass is 10.2. The van der Waals surface area contributed by atoms with Gasteiger partial charge in [0.05, 0.1) is 0 Å². The molecule has 3 heteroatoms. The van der Waals surface area contributed by atoms with Gasteiger partial charge < -0.3 is 10.1 Å². The Hall–Kier alpha value is -0.990. The van der Waals surface area contributed by atoms with Crippen LogP contribution in [0.4, 0.5) is 0 Å². The van der Waals surface area contributed by atoms with E-state index in [0.717, 1.165) is 18.8 Å². The van der Waals surface area contributed by atoms with Crippen molar-refractivity contribution in [3.05, 3.63) is 41.4 Å². The molecule has 0 fully saturated rings. The van der Waals surface area contributed by atoms with E-state index in [2.05, 4.69) is 18.8 Å². The molecule has 1 aromatic rings. The van der Waals surface area contributed by atoms with E-state index in [4.69, 9.17) is 16.3 Å². The van der Waals surface area contributed by atoms with Gasteiger partial charge in [0.25, 0.3) is 0 Å². The van der Waals surface area contributed by atoms with E-state index in [1.54, 1.807) is 0 Å². The molecule has 0 bridgehead atoms. The van der Waals surface area contributed by atoms with Crippen molar-refractivity contribution in [3.8, 4) is 5.75 Å². The molecular formula is C12H16ClNO. The molecule has 0 aliphatic carbocycles. The van der Waals surface area contributed by atoms with Crippen LogP contribution in [0.3, 0.4) is 0 Å². The standard InChI is InChI=1S/C12H16ClNO/c1-3-14-8-11-4-6-12(7-5-11)15-9-10(2)13/h4-7,14H,2-3,8-9H2,1H3. The lowest BCUT2D eigenvalue weighted by Gasteiger charge is -2.06. The topological polar surface area (TPSA) is 21.3 Å². The first kappa shape index (κ1) is 12.1. The van der Waals surface area contributed by atoms with Crippen LogP contribution < -0.4 is 10.1 Å². The highest BCUT2D eigenvalue weighted by Crippen LogP contribution is 2.13. The number of benzene rings is 1. The van der Waals surface area contributed by atoms with Crippen LogP contribution in [0.1, 0.15) is 12.5 Å². The molecule has 1 aromatic carbocycles. The molecule has 2 nitrogen and oxygen atoms in total. The Bertz CT molecular complexity index is 308. The Kier molecular flexibility index (Phi) is 5.22. The summed E-state index contributed by atoms with van der Waals surface area (Å²) in [6.07, 6.45) is 0. The van der Waals surface area contributed by atoms with Gasteiger partial charge in [-0.1, -0.05) is 37.2 Å². The highest BCUT2D eigenvalue weighted by Gasteiger charge is 1.95. The maximum Gasteiger partial charge on any atom is 0.123 e. The average molecular weight is 226 g/mol. The van der Waals surface area contributed by atoms with Crippen molar-refractivity contribution in [1.29, 1.82) is 0 Å². The van der Waals surface area contributed by atoms with Crippen molar-refractivity contribution in [3.63, 3.8) is 0 Å². The van der Waals surface area contributed by atoms with Crippen LogP contribution in [0.2, 0.25) is 0 Å². The van der Waals surface area contributed by atoms with Gasteiger partial charge >= 0.3 is 0 Å². The molecule has 1 N–H and O–H groups in total. The molecule has 82 valence electrons. The third-order valence-corrected chi connectivity index (χ3v) is 2.01.